The van der Waals surface area contributed by atoms with Crippen LogP contribution in [-0.4, -0.2) is 17.8 Å². The van der Waals surface area contributed by atoms with Gasteiger partial charge in [-0.3, -0.25) is 11.2 Å². The molecule has 1 saturated heterocycles. The zero-order valence-corrected chi connectivity index (χ0v) is 4.79. The number of hydrazine groups is 1. The van der Waals surface area contributed by atoms with Crippen LogP contribution in [0.3, 0.4) is 0 Å². The number of nitrogens with one attached hydrogen (secondary N) is 2. The van der Waals surface area contributed by atoms with E-state index in [1.54, 1.807) is 11.8 Å². The normalized spacial score (nSPS) is 31.3. The third kappa shape index (κ3) is 1.31. The van der Waals surface area contributed by atoms with Gasteiger partial charge in [0.15, 0.2) is 0 Å². The molecule has 0 amide bonds. The second-order valence-electron chi connectivity index (χ2n) is 1.37. The number of thioether (sulfide) groups is 1. The summed E-state index contributed by atoms with van der Waals surface area (Å²) >= 11 is 1.80. The summed E-state index contributed by atoms with van der Waals surface area (Å²) in [6.07, 6.45) is 0. The molecule has 7 heavy (non-hydrogen) atoms. The quantitative estimate of drug-likeness (QED) is 0.308. The molecule has 4 N–H and O–H groups in total. The smallest absolute Gasteiger partial charge is 0.118 e. The average molecular weight is 119 g/mol. The van der Waals surface area contributed by atoms with Gasteiger partial charge in [-0.15, -0.1) is 11.8 Å². The van der Waals surface area contributed by atoms with Gasteiger partial charge in [-0.1, -0.05) is 0 Å². The van der Waals surface area contributed by atoms with E-state index < -0.39 is 0 Å². The summed E-state index contributed by atoms with van der Waals surface area (Å²) in [5, 5.41) is 3.13. The lowest BCUT2D eigenvalue weighted by atomic mass is 10.8. The van der Waals surface area contributed by atoms with Crippen LogP contribution in [-0.2, 0) is 0 Å². The van der Waals surface area contributed by atoms with Gasteiger partial charge in [-0.05, 0) is 0 Å². The molecule has 0 saturated carbocycles. The van der Waals surface area contributed by atoms with Gasteiger partial charge in [0.25, 0.3) is 0 Å². The van der Waals surface area contributed by atoms with Gasteiger partial charge in [0.2, 0.25) is 0 Å². The van der Waals surface area contributed by atoms with Gasteiger partial charge in [-0.2, -0.15) is 0 Å². The molecular weight excluding hydrogens is 110 g/mol. The highest BCUT2D eigenvalue weighted by atomic mass is 32.2. The predicted octanol–water partition coefficient (Wildman–Crippen LogP) is -0.930. The van der Waals surface area contributed by atoms with Gasteiger partial charge < -0.3 is 0 Å². The Morgan fingerprint density at radius 2 is 2.71 bits per heavy atom. The molecule has 0 aromatic carbocycles. The molecule has 0 aliphatic carbocycles. The number of rotatable bonds is 1. The molecule has 3 nitrogen and oxygen atoms in total. The molecule has 1 atom stereocenters. The van der Waals surface area contributed by atoms with E-state index in [2.05, 4.69) is 10.7 Å². The van der Waals surface area contributed by atoms with Crippen LogP contribution in [0.1, 0.15) is 0 Å². The topological polar surface area (TPSA) is 50.1 Å². The highest BCUT2D eigenvalue weighted by molar-refractivity contribution is 8.00. The number of nitrogens with two attached hydrogens (primary N) is 1. The molecule has 0 aromatic rings. The first-order chi connectivity index (χ1) is 3.43. The van der Waals surface area contributed by atoms with Crippen molar-refractivity contribution >= 4 is 11.8 Å². The van der Waals surface area contributed by atoms with E-state index in [0.717, 1.165) is 12.3 Å². The summed E-state index contributed by atoms with van der Waals surface area (Å²) in [6.45, 7) is 1.07. The monoisotopic (exact) mass is 119 g/mol. The van der Waals surface area contributed by atoms with Crippen molar-refractivity contribution in [1.29, 1.82) is 0 Å². The SMILES string of the molecule is NNC1NCCS1. The Labute approximate surface area is 47.0 Å². The van der Waals surface area contributed by atoms with Crippen LogP contribution < -0.4 is 16.6 Å². The third-order valence-corrected chi connectivity index (χ3v) is 1.94. The molecule has 4 heteroatoms. The zero-order chi connectivity index (χ0) is 5.11. The van der Waals surface area contributed by atoms with E-state index in [1.165, 1.54) is 0 Å². The summed E-state index contributed by atoms with van der Waals surface area (Å²) in [5.41, 5.74) is 2.91. The van der Waals surface area contributed by atoms with Crippen molar-refractivity contribution in [1.82, 2.24) is 10.7 Å². The minimum Gasteiger partial charge on any atom is -0.292 e. The summed E-state index contributed by atoms with van der Waals surface area (Å²) < 4.78 is 0. The molecule has 1 aliphatic heterocycles. The van der Waals surface area contributed by atoms with Crippen LogP contribution in [0.2, 0.25) is 0 Å². The minimum atomic E-state index is 0.292. The van der Waals surface area contributed by atoms with Crippen molar-refractivity contribution < 1.29 is 0 Å². The van der Waals surface area contributed by atoms with E-state index in [4.69, 9.17) is 5.84 Å². The Bertz CT molecular complexity index is 52.1. The largest absolute Gasteiger partial charge is 0.292 e. The summed E-state index contributed by atoms with van der Waals surface area (Å²) in [6, 6.07) is 0. The van der Waals surface area contributed by atoms with Gasteiger partial charge in [0.1, 0.15) is 5.50 Å². The molecule has 42 valence electrons. The molecule has 0 bridgehead atoms. The zero-order valence-electron chi connectivity index (χ0n) is 3.98. The maximum absolute atomic E-state index is 5.10. The summed E-state index contributed by atoms with van der Waals surface area (Å²) in [5.74, 6) is 6.26. The van der Waals surface area contributed by atoms with Gasteiger partial charge >= 0.3 is 0 Å². The fourth-order valence-corrected chi connectivity index (χ4v) is 1.34. The highest BCUT2D eigenvalue weighted by Gasteiger charge is 2.10. The lowest BCUT2D eigenvalue weighted by Gasteiger charge is -2.03. The Hall–Kier alpha value is 0.230. The van der Waals surface area contributed by atoms with Crippen molar-refractivity contribution in [3.05, 3.63) is 0 Å². The molecule has 0 spiro atoms. The Balaban J connectivity index is 2.14. The summed E-state index contributed by atoms with van der Waals surface area (Å²) in [7, 11) is 0. The van der Waals surface area contributed by atoms with Gasteiger partial charge in [-0.25, -0.2) is 5.43 Å². The van der Waals surface area contributed by atoms with Gasteiger partial charge in [0.05, 0.1) is 0 Å². The first-order valence-corrected chi connectivity index (χ1v) is 3.29. The molecule has 1 aliphatic rings. The Morgan fingerprint density at radius 1 is 1.86 bits per heavy atom. The lowest BCUT2D eigenvalue weighted by Crippen LogP contribution is -2.39. The van der Waals surface area contributed by atoms with Crippen molar-refractivity contribution in [2.24, 2.45) is 5.84 Å². The predicted molar refractivity (Wildman–Crippen MR) is 31.6 cm³/mol. The molecular formula is C3H9N3S. The van der Waals surface area contributed by atoms with Crippen LogP contribution >= 0.6 is 11.8 Å². The van der Waals surface area contributed by atoms with Crippen LogP contribution in [0.4, 0.5) is 0 Å². The molecule has 1 heterocycles. The number of hydrogen-bond acceptors (Lipinski definition) is 4. The van der Waals surface area contributed by atoms with E-state index >= 15 is 0 Å². The van der Waals surface area contributed by atoms with E-state index in [-0.39, 0.29) is 0 Å². The van der Waals surface area contributed by atoms with Crippen molar-refractivity contribution in [3.63, 3.8) is 0 Å². The van der Waals surface area contributed by atoms with E-state index in [9.17, 15) is 0 Å². The highest BCUT2D eigenvalue weighted by Crippen LogP contribution is 2.08. The van der Waals surface area contributed by atoms with Crippen molar-refractivity contribution in [2.75, 3.05) is 12.3 Å². The third-order valence-electron chi connectivity index (χ3n) is 0.868. The maximum Gasteiger partial charge on any atom is 0.118 e. The Kier molecular flexibility index (Phi) is 1.93. The van der Waals surface area contributed by atoms with Crippen LogP contribution in [0, 0.1) is 0 Å². The summed E-state index contributed by atoms with van der Waals surface area (Å²) in [4.78, 5) is 0. The average Bonchev–Trinajstić information content (AvgIpc) is 2.14. The molecule has 1 fully saturated rings. The van der Waals surface area contributed by atoms with Crippen molar-refractivity contribution in [3.8, 4) is 0 Å². The van der Waals surface area contributed by atoms with Crippen LogP contribution in [0.5, 0.6) is 0 Å². The molecule has 0 aromatic heterocycles. The van der Waals surface area contributed by atoms with Crippen molar-refractivity contribution in [2.45, 2.75) is 5.50 Å². The minimum absolute atomic E-state index is 0.292. The molecule has 0 radical (unpaired) electrons. The van der Waals surface area contributed by atoms with Crippen LogP contribution in [0.15, 0.2) is 0 Å². The van der Waals surface area contributed by atoms with E-state index in [0.29, 0.717) is 5.50 Å². The first-order valence-electron chi connectivity index (χ1n) is 2.24. The van der Waals surface area contributed by atoms with E-state index in [1.807, 2.05) is 0 Å². The fraction of sp³-hybridized carbons (Fsp3) is 1.00. The van der Waals surface area contributed by atoms with Gasteiger partial charge in [0, 0.05) is 12.3 Å². The second kappa shape index (κ2) is 2.52. The maximum atomic E-state index is 5.10. The molecule has 1 unspecified atom stereocenters. The first kappa shape index (κ1) is 5.37. The second-order valence-corrected chi connectivity index (χ2v) is 2.58. The lowest BCUT2D eigenvalue weighted by molar-refractivity contribution is 0.601. The standard InChI is InChI=1S/C3H9N3S/c4-6-3-5-1-2-7-3/h3,5-6H,1-2,4H2. The Morgan fingerprint density at radius 3 is 3.00 bits per heavy atom. The van der Waals surface area contributed by atoms with Crippen LogP contribution in [0.25, 0.3) is 0 Å². The fourth-order valence-electron chi connectivity index (χ4n) is 0.533. The molecule has 1 rings (SSSR count). The number of hydrogen-bond donors (Lipinski definition) is 3.